The van der Waals surface area contributed by atoms with E-state index in [2.05, 4.69) is 11.6 Å². The monoisotopic (exact) mass is 433 g/mol. The van der Waals surface area contributed by atoms with Gasteiger partial charge in [-0.05, 0) is 42.8 Å². The van der Waals surface area contributed by atoms with Crippen LogP contribution in [0.3, 0.4) is 0 Å². The molecule has 6 heteroatoms. The van der Waals surface area contributed by atoms with E-state index < -0.39 is 10.0 Å². The average molecular weight is 434 g/mol. The van der Waals surface area contributed by atoms with Gasteiger partial charge in [0.15, 0.2) is 0 Å². The minimum atomic E-state index is -3.76. The Bertz CT molecular complexity index is 835. The zero-order valence-electron chi connectivity index (χ0n) is 18.0. The molecule has 0 aliphatic rings. The van der Waals surface area contributed by atoms with Gasteiger partial charge in [0.05, 0.1) is 17.2 Å². The third kappa shape index (κ3) is 8.66. The minimum absolute atomic E-state index is 0.113. The van der Waals surface area contributed by atoms with Gasteiger partial charge in [0, 0.05) is 0 Å². The maximum atomic E-state index is 12.5. The summed E-state index contributed by atoms with van der Waals surface area (Å²) in [6, 6.07) is 12.6. The zero-order chi connectivity index (χ0) is 21.7. The number of phenolic OH excluding ortho intramolecular Hbond substituents is 1. The fourth-order valence-electron chi connectivity index (χ4n) is 3.26. The van der Waals surface area contributed by atoms with Crippen LogP contribution in [0.5, 0.6) is 11.5 Å². The summed E-state index contributed by atoms with van der Waals surface area (Å²) in [5.41, 5.74) is 0.152. The molecule has 0 aliphatic carbocycles. The number of nitrogens with one attached hydrogen (secondary N) is 1. The Hall–Kier alpha value is -2.21. The molecule has 0 heterocycles. The fraction of sp³-hybridized carbons (Fsp3) is 0.500. The SMILES string of the molecule is CCCCCCCCCCCCOc1ccc(S(=O)(=O)Nc2ccccc2O)cc1. The van der Waals surface area contributed by atoms with Crippen molar-refractivity contribution in [1.29, 1.82) is 0 Å². The van der Waals surface area contributed by atoms with Gasteiger partial charge < -0.3 is 9.84 Å². The number of phenols is 1. The van der Waals surface area contributed by atoms with Crippen molar-refractivity contribution in [1.82, 2.24) is 0 Å². The third-order valence-corrected chi connectivity index (χ3v) is 6.43. The molecule has 0 saturated heterocycles. The number of hydrogen-bond donors (Lipinski definition) is 2. The van der Waals surface area contributed by atoms with Crippen LogP contribution in [0.2, 0.25) is 0 Å². The Labute approximate surface area is 181 Å². The molecule has 30 heavy (non-hydrogen) atoms. The van der Waals surface area contributed by atoms with Crippen molar-refractivity contribution in [2.75, 3.05) is 11.3 Å². The Morgan fingerprint density at radius 2 is 1.37 bits per heavy atom. The lowest BCUT2D eigenvalue weighted by atomic mass is 10.1. The number of rotatable bonds is 15. The molecule has 0 unspecified atom stereocenters. The Kier molecular flexibility index (Phi) is 10.6. The fourth-order valence-corrected chi connectivity index (χ4v) is 4.33. The molecular weight excluding hydrogens is 398 g/mol. The summed E-state index contributed by atoms with van der Waals surface area (Å²) in [5.74, 6) is 0.546. The summed E-state index contributed by atoms with van der Waals surface area (Å²) >= 11 is 0. The number of aromatic hydroxyl groups is 1. The van der Waals surface area contributed by atoms with Crippen LogP contribution >= 0.6 is 0 Å². The Balaban J connectivity index is 1.65. The zero-order valence-corrected chi connectivity index (χ0v) is 18.8. The maximum absolute atomic E-state index is 12.5. The second-order valence-electron chi connectivity index (χ2n) is 7.62. The van der Waals surface area contributed by atoms with Gasteiger partial charge >= 0.3 is 0 Å². The van der Waals surface area contributed by atoms with E-state index in [-0.39, 0.29) is 16.3 Å². The number of sulfonamides is 1. The number of anilines is 1. The standard InChI is InChI=1S/C24H35NO4S/c1-2-3-4-5-6-7-8-9-10-13-20-29-21-16-18-22(19-17-21)30(27,28)25-23-14-11-12-15-24(23)26/h11-12,14-19,25-26H,2-10,13,20H2,1H3. The molecule has 0 spiro atoms. The molecule has 5 nitrogen and oxygen atoms in total. The predicted octanol–water partition coefficient (Wildman–Crippen LogP) is 6.49. The molecule has 0 radical (unpaired) electrons. The summed E-state index contributed by atoms with van der Waals surface area (Å²) in [7, 11) is -3.76. The molecule has 0 aromatic heterocycles. The van der Waals surface area contributed by atoms with Crippen LogP contribution in [0.4, 0.5) is 5.69 Å². The quantitative estimate of drug-likeness (QED) is 0.248. The first-order chi connectivity index (χ1) is 14.5. The van der Waals surface area contributed by atoms with Gasteiger partial charge in [-0.25, -0.2) is 8.42 Å². The second-order valence-corrected chi connectivity index (χ2v) is 9.31. The first-order valence-corrected chi connectivity index (χ1v) is 12.5. The van der Waals surface area contributed by atoms with Crippen molar-refractivity contribution in [2.24, 2.45) is 0 Å². The van der Waals surface area contributed by atoms with Crippen molar-refractivity contribution < 1.29 is 18.3 Å². The van der Waals surface area contributed by atoms with E-state index in [1.807, 2.05) is 0 Å². The summed E-state index contributed by atoms with van der Waals surface area (Å²) < 4.78 is 33.0. The Morgan fingerprint density at radius 3 is 1.97 bits per heavy atom. The molecule has 0 saturated carbocycles. The van der Waals surface area contributed by atoms with E-state index in [0.717, 1.165) is 12.8 Å². The van der Waals surface area contributed by atoms with E-state index in [9.17, 15) is 13.5 Å². The van der Waals surface area contributed by atoms with Gasteiger partial charge in [0.25, 0.3) is 10.0 Å². The van der Waals surface area contributed by atoms with Crippen LogP contribution in [0.25, 0.3) is 0 Å². The first-order valence-electron chi connectivity index (χ1n) is 11.1. The van der Waals surface area contributed by atoms with Gasteiger partial charge in [-0.3, -0.25) is 4.72 Å². The minimum Gasteiger partial charge on any atom is -0.506 e. The van der Waals surface area contributed by atoms with Crippen molar-refractivity contribution in [3.05, 3.63) is 48.5 Å². The lowest BCUT2D eigenvalue weighted by Crippen LogP contribution is -2.13. The van der Waals surface area contributed by atoms with E-state index in [1.165, 1.54) is 75.6 Å². The summed E-state index contributed by atoms with van der Waals surface area (Å²) in [6.45, 7) is 2.88. The van der Waals surface area contributed by atoms with Crippen LogP contribution < -0.4 is 9.46 Å². The topological polar surface area (TPSA) is 75.6 Å². The lowest BCUT2D eigenvalue weighted by Gasteiger charge is -2.10. The van der Waals surface area contributed by atoms with Crippen molar-refractivity contribution in [3.8, 4) is 11.5 Å². The normalized spacial score (nSPS) is 11.4. The van der Waals surface area contributed by atoms with Crippen molar-refractivity contribution >= 4 is 15.7 Å². The van der Waals surface area contributed by atoms with E-state index in [0.29, 0.717) is 12.4 Å². The van der Waals surface area contributed by atoms with E-state index in [1.54, 1.807) is 24.3 Å². The maximum Gasteiger partial charge on any atom is 0.262 e. The molecule has 0 amide bonds. The van der Waals surface area contributed by atoms with Crippen molar-refractivity contribution in [3.63, 3.8) is 0 Å². The highest BCUT2D eigenvalue weighted by Gasteiger charge is 2.15. The highest BCUT2D eigenvalue weighted by Crippen LogP contribution is 2.25. The molecule has 0 aliphatic heterocycles. The molecule has 2 N–H and O–H groups in total. The average Bonchev–Trinajstić information content (AvgIpc) is 2.74. The van der Waals surface area contributed by atoms with Gasteiger partial charge in [0.1, 0.15) is 11.5 Å². The van der Waals surface area contributed by atoms with E-state index >= 15 is 0 Å². The van der Waals surface area contributed by atoms with Gasteiger partial charge in [0.2, 0.25) is 0 Å². The summed E-state index contributed by atoms with van der Waals surface area (Å²) in [6.07, 6.45) is 12.8. The third-order valence-electron chi connectivity index (χ3n) is 5.05. The molecule has 0 fully saturated rings. The van der Waals surface area contributed by atoms with Gasteiger partial charge in [-0.2, -0.15) is 0 Å². The molecular formula is C24H35NO4S. The number of benzene rings is 2. The number of ether oxygens (including phenoxy) is 1. The predicted molar refractivity (Wildman–Crippen MR) is 123 cm³/mol. The van der Waals surface area contributed by atoms with Crippen LogP contribution in [0.15, 0.2) is 53.4 Å². The smallest absolute Gasteiger partial charge is 0.262 e. The molecule has 0 bridgehead atoms. The van der Waals surface area contributed by atoms with Crippen LogP contribution in [-0.4, -0.2) is 20.1 Å². The molecule has 2 aromatic rings. The number of para-hydroxylation sites is 2. The van der Waals surface area contributed by atoms with Crippen LogP contribution in [0.1, 0.15) is 71.1 Å². The summed E-state index contributed by atoms with van der Waals surface area (Å²) in [4.78, 5) is 0.122. The highest BCUT2D eigenvalue weighted by molar-refractivity contribution is 7.92. The van der Waals surface area contributed by atoms with Crippen LogP contribution in [0, 0.1) is 0 Å². The molecule has 2 rings (SSSR count). The summed E-state index contributed by atoms with van der Waals surface area (Å²) in [5, 5.41) is 9.75. The largest absolute Gasteiger partial charge is 0.506 e. The van der Waals surface area contributed by atoms with E-state index in [4.69, 9.17) is 4.74 Å². The van der Waals surface area contributed by atoms with Gasteiger partial charge in [-0.1, -0.05) is 76.8 Å². The van der Waals surface area contributed by atoms with Crippen molar-refractivity contribution in [2.45, 2.75) is 76.0 Å². The Morgan fingerprint density at radius 1 is 0.800 bits per heavy atom. The van der Waals surface area contributed by atoms with Gasteiger partial charge in [-0.15, -0.1) is 0 Å². The number of unbranched alkanes of at least 4 members (excludes halogenated alkanes) is 9. The molecule has 0 atom stereocenters. The molecule has 166 valence electrons. The number of hydrogen-bond acceptors (Lipinski definition) is 4. The second kappa shape index (κ2) is 13.2. The first kappa shape index (κ1) is 24.1. The lowest BCUT2D eigenvalue weighted by molar-refractivity contribution is 0.304. The molecule has 2 aromatic carbocycles. The highest BCUT2D eigenvalue weighted by atomic mass is 32.2. The van der Waals surface area contributed by atoms with Crippen LogP contribution in [-0.2, 0) is 10.0 Å².